The minimum absolute atomic E-state index is 0.0378. The summed E-state index contributed by atoms with van der Waals surface area (Å²) in [7, 11) is 1.55. The van der Waals surface area contributed by atoms with Crippen LogP contribution < -0.4 is 10.1 Å². The maximum Gasteiger partial charge on any atom is 0.327 e. The number of hydrogen-bond acceptors (Lipinski definition) is 3. The second-order valence-electron chi connectivity index (χ2n) is 4.09. The van der Waals surface area contributed by atoms with Crippen LogP contribution in [-0.2, 0) is 4.79 Å². The fourth-order valence-corrected chi connectivity index (χ4v) is 1.18. The normalized spacial score (nSPS) is 14.1. The number of carbonyl (C=O) groups is 1. The molecule has 0 aliphatic rings. The van der Waals surface area contributed by atoms with E-state index in [0.717, 1.165) is 0 Å². The molecule has 0 heterocycles. The minimum atomic E-state index is -1.16. The zero-order chi connectivity index (χ0) is 13.1. The van der Waals surface area contributed by atoms with Crippen molar-refractivity contribution in [1.29, 1.82) is 0 Å². The monoisotopic (exact) mass is 241 g/mol. The van der Waals surface area contributed by atoms with Crippen molar-refractivity contribution in [2.75, 3.05) is 13.7 Å². The van der Waals surface area contributed by atoms with Gasteiger partial charge in [0.05, 0.1) is 0 Å². The van der Waals surface area contributed by atoms with Gasteiger partial charge < -0.3 is 15.2 Å². The highest BCUT2D eigenvalue weighted by Crippen LogP contribution is 2.17. The zero-order valence-corrected chi connectivity index (χ0v) is 10.1. The molecule has 0 fully saturated rings. The summed E-state index contributed by atoms with van der Waals surface area (Å²) in [6, 6.07) is 4.30. The summed E-state index contributed by atoms with van der Waals surface area (Å²) < 4.78 is 18.4. The average Bonchev–Trinajstić information content (AvgIpc) is 2.30. The maximum atomic E-state index is 13.0. The van der Waals surface area contributed by atoms with Crippen molar-refractivity contribution in [3.05, 3.63) is 29.6 Å². The number of aryl methyl sites for hydroxylation is 1. The van der Waals surface area contributed by atoms with Gasteiger partial charge in [0, 0.05) is 0 Å². The van der Waals surface area contributed by atoms with Gasteiger partial charge in [-0.3, -0.25) is 4.79 Å². The largest absolute Gasteiger partial charge is 0.491 e. The molecule has 0 aromatic heterocycles. The third-order valence-electron chi connectivity index (χ3n) is 2.68. The van der Waals surface area contributed by atoms with E-state index in [9.17, 15) is 9.18 Å². The Morgan fingerprint density at radius 3 is 2.71 bits per heavy atom. The Labute approximate surface area is 99.4 Å². The molecule has 0 saturated heterocycles. The predicted octanol–water partition coefficient (Wildman–Crippen LogP) is 1.58. The van der Waals surface area contributed by atoms with E-state index >= 15 is 0 Å². The number of likely N-dealkylation sites (N-methyl/N-ethyl adjacent to an activating group) is 1. The van der Waals surface area contributed by atoms with Crippen LogP contribution in [0.15, 0.2) is 18.2 Å². The zero-order valence-electron chi connectivity index (χ0n) is 10.1. The van der Waals surface area contributed by atoms with Gasteiger partial charge in [0.25, 0.3) is 0 Å². The lowest BCUT2D eigenvalue weighted by molar-refractivity contribution is -0.145. The van der Waals surface area contributed by atoms with E-state index in [-0.39, 0.29) is 12.4 Å². The van der Waals surface area contributed by atoms with E-state index < -0.39 is 11.5 Å². The van der Waals surface area contributed by atoms with Crippen molar-refractivity contribution >= 4 is 5.97 Å². The lowest BCUT2D eigenvalue weighted by atomic mass is 10.1. The number of nitrogens with one attached hydrogen (secondary N) is 1. The first kappa shape index (κ1) is 13.4. The van der Waals surface area contributed by atoms with Crippen LogP contribution in [0.1, 0.15) is 12.5 Å². The summed E-state index contributed by atoms with van der Waals surface area (Å²) in [5.41, 5.74) is -0.702. The molecule has 94 valence electrons. The van der Waals surface area contributed by atoms with Crippen molar-refractivity contribution in [1.82, 2.24) is 5.32 Å². The number of rotatable bonds is 5. The van der Waals surface area contributed by atoms with Crippen LogP contribution in [0.5, 0.6) is 5.75 Å². The molecule has 0 aliphatic heterocycles. The van der Waals surface area contributed by atoms with Crippen LogP contribution in [0.2, 0.25) is 0 Å². The average molecular weight is 241 g/mol. The lowest BCUT2D eigenvalue weighted by Crippen LogP contribution is -2.52. The van der Waals surface area contributed by atoms with Crippen LogP contribution in [0.3, 0.4) is 0 Å². The van der Waals surface area contributed by atoms with E-state index in [1.165, 1.54) is 25.1 Å². The van der Waals surface area contributed by atoms with Gasteiger partial charge in [-0.2, -0.15) is 0 Å². The van der Waals surface area contributed by atoms with E-state index in [1.807, 2.05) is 0 Å². The Balaban J connectivity index is 2.73. The Morgan fingerprint density at radius 2 is 2.24 bits per heavy atom. The predicted molar refractivity (Wildman–Crippen MR) is 61.7 cm³/mol. The molecule has 0 aliphatic carbocycles. The molecule has 4 nitrogen and oxygen atoms in total. The lowest BCUT2D eigenvalue weighted by Gasteiger charge is -2.24. The van der Waals surface area contributed by atoms with Gasteiger partial charge in [-0.25, -0.2) is 4.39 Å². The highest BCUT2D eigenvalue weighted by Gasteiger charge is 2.32. The second-order valence-corrected chi connectivity index (χ2v) is 4.09. The quantitative estimate of drug-likeness (QED) is 0.821. The van der Waals surface area contributed by atoms with Gasteiger partial charge in [0.15, 0.2) is 0 Å². The smallest absolute Gasteiger partial charge is 0.327 e. The number of aliphatic carboxylic acids is 1. The molecule has 17 heavy (non-hydrogen) atoms. The van der Waals surface area contributed by atoms with E-state index in [2.05, 4.69) is 5.32 Å². The number of carboxylic acid groups (broad SMARTS) is 1. The SMILES string of the molecule is CNC(C)(COc1ccc(F)c(C)c1)C(=O)O. The first-order valence-corrected chi connectivity index (χ1v) is 5.20. The molecule has 5 heteroatoms. The Kier molecular flexibility index (Phi) is 4.07. The van der Waals surface area contributed by atoms with Crippen LogP contribution >= 0.6 is 0 Å². The molecular weight excluding hydrogens is 225 g/mol. The number of ether oxygens (including phenoxy) is 1. The molecule has 2 N–H and O–H groups in total. The molecule has 0 saturated carbocycles. The molecule has 0 spiro atoms. The summed E-state index contributed by atoms with van der Waals surface area (Å²) in [6.45, 7) is 3.10. The molecular formula is C12H16FNO3. The topological polar surface area (TPSA) is 58.6 Å². The van der Waals surface area contributed by atoms with E-state index in [1.54, 1.807) is 14.0 Å². The molecule has 1 unspecified atom stereocenters. The maximum absolute atomic E-state index is 13.0. The highest BCUT2D eigenvalue weighted by molar-refractivity contribution is 5.78. The fraction of sp³-hybridized carbons (Fsp3) is 0.417. The number of hydrogen-bond donors (Lipinski definition) is 2. The van der Waals surface area contributed by atoms with Gasteiger partial charge in [-0.05, 0) is 44.7 Å². The Hall–Kier alpha value is -1.62. The van der Waals surface area contributed by atoms with E-state index in [4.69, 9.17) is 9.84 Å². The molecule has 0 bridgehead atoms. The van der Waals surface area contributed by atoms with Crippen molar-refractivity contribution in [2.24, 2.45) is 0 Å². The standard InChI is InChI=1S/C12H16FNO3/c1-8-6-9(4-5-10(8)13)17-7-12(2,14-3)11(15)16/h4-6,14H,7H2,1-3H3,(H,15,16). The molecule has 1 aromatic carbocycles. The van der Waals surface area contributed by atoms with Crippen molar-refractivity contribution in [2.45, 2.75) is 19.4 Å². The van der Waals surface area contributed by atoms with Crippen LogP contribution in [0, 0.1) is 12.7 Å². The number of benzene rings is 1. The second kappa shape index (κ2) is 5.14. The van der Waals surface area contributed by atoms with Gasteiger partial charge in [0.2, 0.25) is 0 Å². The first-order chi connectivity index (χ1) is 7.89. The highest BCUT2D eigenvalue weighted by atomic mass is 19.1. The van der Waals surface area contributed by atoms with E-state index in [0.29, 0.717) is 11.3 Å². The van der Waals surface area contributed by atoms with Crippen LogP contribution in [-0.4, -0.2) is 30.3 Å². The van der Waals surface area contributed by atoms with Gasteiger partial charge in [-0.1, -0.05) is 0 Å². The van der Waals surface area contributed by atoms with Gasteiger partial charge in [0.1, 0.15) is 23.7 Å². The van der Waals surface area contributed by atoms with Crippen LogP contribution in [0.25, 0.3) is 0 Å². The Bertz CT molecular complexity index is 422. The molecule has 0 amide bonds. The molecule has 1 atom stereocenters. The summed E-state index contributed by atoms with van der Waals surface area (Å²) in [5, 5.41) is 11.7. The molecule has 1 aromatic rings. The summed E-state index contributed by atoms with van der Waals surface area (Å²) in [6.07, 6.45) is 0. The van der Waals surface area contributed by atoms with Gasteiger partial charge in [-0.15, -0.1) is 0 Å². The summed E-state index contributed by atoms with van der Waals surface area (Å²) in [5.74, 6) is -0.863. The number of halogens is 1. The minimum Gasteiger partial charge on any atom is -0.491 e. The van der Waals surface area contributed by atoms with Crippen molar-refractivity contribution in [3.63, 3.8) is 0 Å². The summed E-state index contributed by atoms with van der Waals surface area (Å²) in [4.78, 5) is 11.0. The number of carboxylic acids is 1. The fourth-order valence-electron chi connectivity index (χ4n) is 1.18. The molecule has 0 radical (unpaired) electrons. The van der Waals surface area contributed by atoms with Crippen molar-refractivity contribution in [3.8, 4) is 5.75 Å². The van der Waals surface area contributed by atoms with Crippen molar-refractivity contribution < 1.29 is 19.0 Å². The Morgan fingerprint density at radius 1 is 1.59 bits per heavy atom. The van der Waals surface area contributed by atoms with Gasteiger partial charge >= 0.3 is 5.97 Å². The summed E-state index contributed by atoms with van der Waals surface area (Å²) >= 11 is 0. The van der Waals surface area contributed by atoms with Crippen LogP contribution in [0.4, 0.5) is 4.39 Å². The molecule has 1 rings (SSSR count). The third-order valence-corrected chi connectivity index (χ3v) is 2.68. The third kappa shape index (κ3) is 3.17. The first-order valence-electron chi connectivity index (χ1n) is 5.20.